The fourth-order valence-electron chi connectivity index (χ4n) is 5.58. The Morgan fingerprint density at radius 1 is 1.05 bits per heavy atom. The van der Waals surface area contributed by atoms with Crippen molar-refractivity contribution in [2.24, 2.45) is 5.73 Å². The maximum atomic E-state index is 14.7. The molecule has 190 valence electrons. The second-order valence-corrected chi connectivity index (χ2v) is 9.28. The lowest BCUT2D eigenvalue weighted by atomic mass is 9.68. The van der Waals surface area contributed by atoms with Crippen LogP contribution in [0, 0.1) is 13.8 Å². The van der Waals surface area contributed by atoms with Gasteiger partial charge in [0.25, 0.3) is 5.56 Å². The lowest BCUT2D eigenvalue weighted by molar-refractivity contribution is -0.140. The Bertz CT molecular complexity index is 1540. The molecule has 2 N–H and O–H groups in total. The molecule has 3 heterocycles. The van der Waals surface area contributed by atoms with Gasteiger partial charge in [-0.05, 0) is 39.3 Å². The molecule has 5 rings (SSSR count). The molecule has 0 aliphatic carbocycles. The van der Waals surface area contributed by atoms with Gasteiger partial charge in [-0.1, -0.05) is 48.0 Å². The number of carbonyl (C=O) groups excluding carboxylic acids is 2. The molecule has 3 aromatic rings. The minimum atomic E-state index is -1.81. The number of rotatable bonds is 5. The lowest BCUT2D eigenvalue weighted by Crippen LogP contribution is -2.52. The van der Waals surface area contributed by atoms with E-state index in [4.69, 9.17) is 15.2 Å². The Kier molecular flexibility index (Phi) is 5.90. The molecule has 1 aromatic heterocycles. The summed E-state index contributed by atoms with van der Waals surface area (Å²) in [5.74, 6) is -1.33. The molecular formula is C29H29N3O5. The van der Waals surface area contributed by atoms with E-state index in [1.807, 2.05) is 50.2 Å². The van der Waals surface area contributed by atoms with Gasteiger partial charge in [0.05, 0.1) is 18.7 Å². The van der Waals surface area contributed by atoms with E-state index in [9.17, 15) is 14.4 Å². The van der Waals surface area contributed by atoms with Gasteiger partial charge in [0.1, 0.15) is 16.7 Å². The van der Waals surface area contributed by atoms with Crippen molar-refractivity contribution >= 4 is 17.6 Å². The third-order valence-corrected chi connectivity index (χ3v) is 7.07. The van der Waals surface area contributed by atoms with E-state index in [1.54, 1.807) is 41.5 Å². The van der Waals surface area contributed by atoms with E-state index in [0.29, 0.717) is 23.5 Å². The first-order valence-electron chi connectivity index (χ1n) is 12.3. The van der Waals surface area contributed by atoms with E-state index in [-0.39, 0.29) is 35.9 Å². The average Bonchev–Trinajstić information content (AvgIpc) is 3.08. The monoisotopic (exact) mass is 499 g/mol. The highest BCUT2D eigenvalue weighted by molar-refractivity contribution is 6.18. The number of fused-ring (bicyclic) bond motifs is 4. The van der Waals surface area contributed by atoms with Gasteiger partial charge < -0.3 is 24.7 Å². The van der Waals surface area contributed by atoms with Crippen molar-refractivity contribution in [1.82, 2.24) is 4.57 Å². The van der Waals surface area contributed by atoms with Gasteiger partial charge in [-0.25, -0.2) is 4.79 Å². The molecular weight excluding hydrogens is 470 g/mol. The molecule has 0 bridgehead atoms. The standard InChI is InChI=1S/C29H29N3O5/c1-5-31-18(4)15-22-23(26(31)33)29(24(25(30)37-22)27(34)36-6-2)20-12-7-8-13-21(20)32(28(29)35)16-19-11-9-10-17(3)14-19/h7-15H,5-6,16,30H2,1-4H3/t29-/m1/s1. The normalized spacial score (nSPS) is 18.1. The summed E-state index contributed by atoms with van der Waals surface area (Å²) >= 11 is 0. The van der Waals surface area contributed by atoms with E-state index in [2.05, 4.69) is 0 Å². The van der Waals surface area contributed by atoms with E-state index in [0.717, 1.165) is 11.1 Å². The highest BCUT2D eigenvalue weighted by atomic mass is 16.5. The van der Waals surface area contributed by atoms with Crippen LogP contribution >= 0.6 is 0 Å². The fraction of sp³-hybridized carbons (Fsp3) is 0.276. The van der Waals surface area contributed by atoms with Crippen molar-refractivity contribution in [2.75, 3.05) is 11.5 Å². The zero-order chi connectivity index (χ0) is 26.5. The first-order chi connectivity index (χ1) is 17.7. The molecule has 0 radical (unpaired) electrons. The summed E-state index contributed by atoms with van der Waals surface area (Å²) in [6.45, 7) is 7.98. The van der Waals surface area contributed by atoms with Crippen molar-refractivity contribution in [1.29, 1.82) is 0 Å². The number of hydrogen-bond acceptors (Lipinski definition) is 6. The first kappa shape index (κ1) is 24.4. The highest BCUT2D eigenvalue weighted by Crippen LogP contribution is 2.54. The minimum absolute atomic E-state index is 0.0640. The molecule has 1 spiro atoms. The molecule has 8 nitrogen and oxygen atoms in total. The molecule has 1 atom stereocenters. The van der Waals surface area contributed by atoms with E-state index in [1.165, 1.54) is 0 Å². The number of nitrogens with two attached hydrogens (primary N) is 1. The Labute approximate surface area is 214 Å². The smallest absolute Gasteiger partial charge is 0.341 e. The van der Waals surface area contributed by atoms with Crippen LogP contribution in [0.1, 0.15) is 41.8 Å². The number of ether oxygens (including phenoxy) is 2. The van der Waals surface area contributed by atoms with Crippen LogP contribution in [0.4, 0.5) is 5.69 Å². The van der Waals surface area contributed by atoms with Gasteiger partial charge >= 0.3 is 5.97 Å². The maximum Gasteiger partial charge on any atom is 0.341 e. The predicted octanol–water partition coefficient (Wildman–Crippen LogP) is 3.44. The summed E-state index contributed by atoms with van der Waals surface area (Å²) in [7, 11) is 0. The van der Waals surface area contributed by atoms with Crippen molar-refractivity contribution in [3.05, 3.63) is 104 Å². The second-order valence-electron chi connectivity index (χ2n) is 9.28. The third-order valence-electron chi connectivity index (χ3n) is 7.07. The Hall–Kier alpha value is -4.33. The van der Waals surface area contributed by atoms with Gasteiger partial charge in [-0.15, -0.1) is 0 Å². The first-order valence-corrected chi connectivity index (χ1v) is 12.3. The van der Waals surface area contributed by atoms with Crippen LogP contribution in [0.3, 0.4) is 0 Å². The van der Waals surface area contributed by atoms with Gasteiger partial charge in [-0.2, -0.15) is 0 Å². The summed E-state index contributed by atoms with van der Waals surface area (Å²) in [6.07, 6.45) is 0. The molecule has 0 saturated carbocycles. The highest BCUT2D eigenvalue weighted by Gasteiger charge is 2.62. The number of pyridine rings is 1. The average molecular weight is 500 g/mol. The number of aromatic nitrogens is 1. The summed E-state index contributed by atoms with van der Waals surface area (Å²) in [5, 5.41) is 0. The van der Waals surface area contributed by atoms with Crippen LogP contribution in [-0.4, -0.2) is 23.1 Å². The quantitative estimate of drug-likeness (QED) is 0.540. The van der Waals surface area contributed by atoms with Crippen LogP contribution in [0.2, 0.25) is 0 Å². The minimum Gasteiger partial charge on any atom is -0.462 e. The maximum absolute atomic E-state index is 14.7. The number of para-hydroxylation sites is 1. The summed E-state index contributed by atoms with van der Waals surface area (Å²) in [4.78, 5) is 43.8. The molecule has 2 aliphatic heterocycles. The van der Waals surface area contributed by atoms with Crippen molar-refractivity contribution in [3.63, 3.8) is 0 Å². The summed E-state index contributed by atoms with van der Waals surface area (Å²) in [6, 6.07) is 16.7. The number of amides is 1. The SMILES string of the molecule is CCOC(=O)C1=C(N)Oc2cc(C)n(CC)c(=O)c2[C@@]12C(=O)N(Cc1cccc(C)c1)c1ccccc12. The lowest BCUT2D eigenvalue weighted by Gasteiger charge is -2.36. The molecule has 8 heteroatoms. The second kappa shape index (κ2) is 8.96. The Morgan fingerprint density at radius 2 is 1.81 bits per heavy atom. The zero-order valence-electron chi connectivity index (χ0n) is 21.3. The van der Waals surface area contributed by atoms with Crippen LogP contribution < -0.4 is 20.9 Å². The Morgan fingerprint density at radius 3 is 2.51 bits per heavy atom. The number of hydrogen-bond donors (Lipinski definition) is 1. The molecule has 0 unspecified atom stereocenters. The number of anilines is 1. The molecule has 0 saturated heterocycles. The number of esters is 1. The van der Waals surface area contributed by atoms with E-state index >= 15 is 0 Å². The molecule has 0 fully saturated rings. The van der Waals surface area contributed by atoms with Crippen LogP contribution in [0.5, 0.6) is 5.75 Å². The van der Waals surface area contributed by atoms with Crippen LogP contribution in [-0.2, 0) is 32.8 Å². The predicted molar refractivity (Wildman–Crippen MR) is 139 cm³/mol. The molecule has 1 amide bonds. The van der Waals surface area contributed by atoms with E-state index < -0.39 is 22.9 Å². The van der Waals surface area contributed by atoms with Gasteiger partial charge in [0.15, 0.2) is 0 Å². The number of aryl methyl sites for hydroxylation is 2. The summed E-state index contributed by atoms with van der Waals surface area (Å²) in [5.41, 5.74) is 7.76. The fourth-order valence-corrected chi connectivity index (χ4v) is 5.58. The number of benzene rings is 2. The Balaban J connectivity index is 1.86. The topological polar surface area (TPSA) is 104 Å². The number of carbonyl (C=O) groups is 2. The van der Waals surface area contributed by atoms with Crippen molar-refractivity contribution < 1.29 is 19.1 Å². The largest absolute Gasteiger partial charge is 0.462 e. The molecule has 2 aromatic carbocycles. The van der Waals surface area contributed by atoms with Gasteiger partial charge in [-0.3, -0.25) is 9.59 Å². The van der Waals surface area contributed by atoms with Gasteiger partial charge in [0.2, 0.25) is 11.8 Å². The van der Waals surface area contributed by atoms with Gasteiger partial charge in [0, 0.05) is 29.6 Å². The van der Waals surface area contributed by atoms with Crippen LogP contribution in [0.25, 0.3) is 0 Å². The molecule has 2 aliphatic rings. The van der Waals surface area contributed by atoms with Crippen molar-refractivity contribution in [2.45, 2.75) is 46.2 Å². The van der Waals surface area contributed by atoms with Crippen LogP contribution in [0.15, 0.2) is 70.8 Å². The zero-order valence-corrected chi connectivity index (χ0v) is 21.3. The third kappa shape index (κ3) is 3.47. The summed E-state index contributed by atoms with van der Waals surface area (Å²) < 4.78 is 12.8. The number of nitrogens with zero attached hydrogens (tertiary/aromatic N) is 2. The van der Waals surface area contributed by atoms with Crippen molar-refractivity contribution in [3.8, 4) is 5.75 Å². The molecule has 37 heavy (non-hydrogen) atoms.